The molecule has 5 N–H and O–H groups in total. The lowest BCUT2D eigenvalue weighted by atomic mass is 10.0. The minimum atomic E-state index is -1.88. The molecule has 3 atom stereocenters. The third kappa shape index (κ3) is 3.04. The fourth-order valence-corrected chi connectivity index (χ4v) is 0.971. The van der Waals surface area contributed by atoms with Crippen molar-refractivity contribution in [2.45, 2.75) is 31.8 Å². The van der Waals surface area contributed by atoms with E-state index in [0.717, 1.165) is 0 Å². The van der Waals surface area contributed by atoms with Crippen molar-refractivity contribution >= 4 is 0 Å². The van der Waals surface area contributed by atoms with Gasteiger partial charge in [-0.25, -0.2) is 0 Å². The van der Waals surface area contributed by atoms with Gasteiger partial charge in [-0.05, 0) is 13.8 Å². The molecular formula is C7H17NO4. The summed E-state index contributed by atoms with van der Waals surface area (Å²) >= 11 is 0. The van der Waals surface area contributed by atoms with Gasteiger partial charge in [-0.1, -0.05) is 0 Å². The first-order chi connectivity index (χ1) is 5.45. The summed E-state index contributed by atoms with van der Waals surface area (Å²) in [6, 6.07) is 0. The van der Waals surface area contributed by atoms with Crippen molar-refractivity contribution in [3.05, 3.63) is 0 Å². The predicted molar refractivity (Wildman–Crippen MR) is 43.3 cm³/mol. The van der Waals surface area contributed by atoms with Crippen LogP contribution >= 0.6 is 0 Å². The van der Waals surface area contributed by atoms with Crippen LogP contribution in [0.25, 0.3) is 0 Å². The third-order valence-electron chi connectivity index (χ3n) is 1.53. The van der Waals surface area contributed by atoms with Crippen molar-refractivity contribution < 1.29 is 20.1 Å². The first kappa shape index (κ1) is 11.8. The number of aliphatic hydroxyl groups is 3. The Kier molecular flexibility index (Phi) is 4.66. The van der Waals surface area contributed by atoms with Gasteiger partial charge in [-0.3, -0.25) is 5.73 Å². The lowest BCUT2D eigenvalue weighted by molar-refractivity contribution is -0.162. The first-order valence-electron chi connectivity index (χ1n) is 3.87. The fraction of sp³-hybridized carbons (Fsp3) is 1.00. The van der Waals surface area contributed by atoms with Gasteiger partial charge >= 0.3 is 0 Å². The second-order valence-electron chi connectivity index (χ2n) is 2.77. The molecule has 0 bridgehead atoms. The van der Waals surface area contributed by atoms with Gasteiger partial charge in [0.05, 0.1) is 12.7 Å². The molecule has 0 rings (SSSR count). The van der Waals surface area contributed by atoms with E-state index in [1.807, 2.05) is 0 Å². The van der Waals surface area contributed by atoms with Crippen LogP contribution in [0.5, 0.6) is 0 Å². The maximum atomic E-state index is 9.33. The number of hydrogen-bond acceptors (Lipinski definition) is 5. The molecule has 0 saturated carbocycles. The zero-order chi connectivity index (χ0) is 9.78. The van der Waals surface area contributed by atoms with Crippen LogP contribution < -0.4 is 5.73 Å². The Morgan fingerprint density at radius 2 is 2.08 bits per heavy atom. The van der Waals surface area contributed by atoms with Gasteiger partial charge in [0.15, 0.2) is 5.72 Å². The van der Waals surface area contributed by atoms with E-state index in [0.29, 0.717) is 6.61 Å². The topological polar surface area (TPSA) is 95.9 Å². The number of aliphatic hydroxyl groups excluding tert-OH is 2. The molecule has 0 fully saturated rings. The first-order valence-corrected chi connectivity index (χ1v) is 3.87. The predicted octanol–water partition coefficient (Wildman–Crippen LogP) is -1.59. The van der Waals surface area contributed by atoms with Crippen molar-refractivity contribution in [2.75, 3.05) is 13.2 Å². The molecule has 0 aromatic rings. The zero-order valence-corrected chi connectivity index (χ0v) is 7.40. The van der Waals surface area contributed by atoms with E-state index in [1.54, 1.807) is 6.92 Å². The van der Waals surface area contributed by atoms with E-state index in [-0.39, 0.29) is 0 Å². The van der Waals surface area contributed by atoms with Crippen LogP contribution in [0.2, 0.25) is 0 Å². The van der Waals surface area contributed by atoms with Gasteiger partial charge in [0.25, 0.3) is 0 Å². The average Bonchev–Trinajstić information content (AvgIpc) is 1.99. The molecule has 0 aliphatic carbocycles. The van der Waals surface area contributed by atoms with Gasteiger partial charge in [0.1, 0.15) is 6.10 Å². The molecule has 0 aromatic carbocycles. The molecule has 3 unspecified atom stereocenters. The molecule has 74 valence electrons. The van der Waals surface area contributed by atoms with Crippen molar-refractivity contribution in [2.24, 2.45) is 5.73 Å². The molecule has 0 aliphatic rings. The van der Waals surface area contributed by atoms with E-state index in [2.05, 4.69) is 0 Å². The highest BCUT2D eigenvalue weighted by atomic mass is 16.5. The molecule has 0 heterocycles. The lowest BCUT2D eigenvalue weighted by Gasteiger charge is -2.32. The minimum Gasteiger partial charge on any atom is -0.392 e. The van der Waals surface area contributed by atoms with Crippen LogP contribution in [0, 0.1) is 0 Å². The van der Waals surface area contributed by atoms with E-state index in [9.17, 15) is 5.11 Å². The van der Waals surface area contributed by atoms with Crippen LogP contribution in [0.1, 0.15) is 13.8 Å². The van der Waals surface area contributed by atoms with E-state index in [4.69, 9.17) is 20.7 Å². The second kappa shape index (κ2) is 4.74. The van der Waals surface area contributed by atoms with E-state index >= 15 is 0 Å². The van der Waals surface area contributed by atoms with Gasteiger partial charge in [0.2, 0.25) is 0 Å². The van der Waals surface area contributed by atoms with E-state index in [1.165, 1.54) is 6.92 Å². The summed E-state index contributed by atoms with van der Waals surface area (Å²) in [6.07, 6.45) is -1.89. The SMILES string of the molecule is CCOC(C(C)O)C(N)(O)CO. The molecule has 5 heteroatoms. The number of nitrogens with two attached hydrogens (primary N) is 1. The summed E-state index contributed by atoms with van der Waals surface area (Å²) in [7, 11) is 0. The van der Waals surface area contributed by atoms with Gasteiger partial charge in [0, 0.05) is 6.61 Å². The van der Waals surface area contributed by atoms with Crippen LogP contribution in [-0.4, -0.2) is 46.5 Å². The summed E-state index contributed by atoms with van der Waals surface area (Å²) in [5.74, 6) is 0. The van der Waals surface area contributed by atoms with Crippen LogP contribution in [0.4, 0.5) is 0 Å². The maximum Gasteiger partial charge on any atom is 0.165 e. The number of ether oxygens (including phenoxy) is 1. The standard InChI is InChI=1S/C7H17NO4/c1-3-12-6(5(2)10)7(8,11)4-9/h5-6,9-11H,3-4,8H2,1-2H3. The fourth-order valence-electron chi connectivity index (χ4n) is 0.971. The summed E-state index contributed by atoms with van der Waals surface area (Å²) in [5, 5.41) is 27.1. The molecule has 5 nitrogen and oxygen atoms in total. The van der Waals surface area contributed by atoms with E-state index < -0.39 is 24.5 Å². The highest BCUT2D eigenvalue weighted by Gasteiger charge is 2.36. The molecule has 0 saturated heterocycles. The quantitative estimate of drug-likeness (QED) is 0.382. The lowest BCUT2D eigenvalue weighted by Crippen LogP contribution is -2.59. The Labute approximate surface area is 71.8 Å². The molecule has 0 aromatic heterocycles. The Hall–Kier alpha value is -0.200. The highest BCUT2D eigenvalue weighted by molar-refractivity contribution is 4.84. The molecule has 0 spiro atoms. The monoisotopic (exact) mass is 179 g/mol. The summed E-state index contributed by atoms with van der Waals surface area (Å²) in [6.45, 7) is 2.81. The van der Waals surface area contributed by atoms with Crippen molar-refractivity contribution in [1.29, 1.82) is 0 Å². The summed E-state index contributed by atoms with van der Waals surface area (Å²) in [5.41, 5.74) is 3.38. The van der Waals surface area contributed by atoms with Crippen molar-refractivity contribution in [3.63, 3.8) is 0 Å². The Morgan fingerprint density at radius 3 is 2.33 bits per heavy atom. The smallest absolute Gasteiger partial charge is 0.165 e. The van der Waals surface area contributed by atoms with Gasteiger partial charge < -0.3 is 20.1 Å². The molecule has 12 heavy (non-hydrogen) atoms. The summed E-state index contributed by atoms with van der Waals surface area (Å²) in [4.78, 5) is 0. The third-order valence-corrected chi connectivity index (χ3v) is 1.53. The highest BCUT2D eigenvalue weighted by Crippen LogP contribution is 2.11. The molecule has 0 radical (unpaired) electrons. The molecule has 0 amide bonds. The maximum absolute atomic E-state index is 9.33. The van der Waals surface area contributed by atoms with Crippen molar-refractivity contribution in [3.8, 4) is 0 Å². The normalized spacial score (nSPS) is 21.5. The van der Waals surface area contributed by atoms with Crippen molar-refractivity contribution in [1.82, 2.24) is 0 Å². The summed E-state index contributed by atoms with van der Waals surface area (Å²) < 4.78 is 4.97. The number of rotatable bonds is 5. The van der Waals surface area contributed by atoms with Crippen LogP contribution in [0.3, 0.4) is 0 Å². The Morgan fingerprint density at radius 1 is 1.58 bits per heavy atom. The number of hydrogen-bond donors (Lipinski definition) is 4. The van der Waals surface area contributed by atoms with Gasteiger partial charge in [-0.15, -0.1) is 0 Å². The Balaban J connectivity index is 4.27. The molecule has 0 aliphatic heterocycles. The Bertz CT molecular complexity index is 127. The largest absolute Gasteiger partial charge is 0.392 e. The van der Waals surface area contributed by atoms with Gasteiger partial charge in [-0.2, -0.15) is 0 Å². The average molecular weight is 179 g/mol. The van der Waals surface area contributed by atoms with Crippen LogP contribution in [-0.2, 0) is 4.74 Å². The molecular weight excluding hydrogens is 162 g/mol. The minimum absolute atomic E-state index is 0.315. The second-order valence-corrected chi connectivity index (χ2v) is 2.77. The zero-order valence-electron chi connectivity index (χ0n) is 7.40. The van der Waals surface area contributed by atoms with Crippen LogP contribution in [0.15, 0.2) is 0 Å².